The lowest BCUT2D eigenvalue weighted by Crippen LogP contribution is -2.04. The zero-order valence-corrected chi connectivity index (χ0v) is 8.84. The number of aldehydes is 1. The van der Waals surface area contributed by atoms with E-state index >= 15 is 0 Å². The van der Waals surface area contributed by atoms with Gasteiger partial charge in [0.1, 0.15) is 12.0 Å². The second kappa shape index (κ2) is 4.24. The number of alkyl halides is 3. The van der Waals surface area contributed by atoms with Gasteiger partial charge < -0.3 is 9.78 Å². The Hall–Kier alpha value is -1.78. The van der Waals surface area contributed by atoms with Crippen LogP contribution in [0.15, 0.2) is 24.3 Å². The van der Waals surface area contributed by atoms with Gasteiger partial charge in [0, 0.05) is 17.3 Å². The summed E-state index contributed by atoms with van der Waals surface area (Å²) in [4.78, 5) is 12.5. The molecule has 2 aromatic rings. The number of fused-ring (bicyclic) bond motifs is 1. The minimum absolute atomic E-state index is 0.377. The van der Waals surface area contributed by atoms with Gasteiger partial charge in [0.15, 0.2) is 0 Å². The number of benzene rings is 1. The third-order valence-corrected chi connectivity index (χ3v) is 2.54. The molecule has 0 radical (unpaired) electrons. The molecule has 17 heavy (non-hydrogen) atoms. The summed E-state index contributed by atoms with van der Waals surface area (Å²) in [7, 11) is 0. The van der Waals surface area contributed by atoms with Crippen LogP contribution in [-0.4, -0.2) is 11.3 Å². The van der Waals surface area contributed by atoms with Crippen molar-refractivity contribution >= 4 is 17.2 Å². The standard InChI is InChI=1S/C12H10F3NO/c13-12(14,15)11-7-9-6-8(2-1-5-17)3-4-10(9)16-11/h3-7,16H,1-2H2. The van der Waals surface area contributed by atoms with Crippen molar-refractivity contribution < 1.29 is 18.0 Å². The molecule has 0 fully saturated rings. The number of aromatic nitrogens is 1. The van der Waals surface area contributed by atoms with E-state index < -0.39 is 11.9 Å². The number of carbonyl (C=O) groups excluding carboxylic acids is 1. The molecule has 0 aliphatic carbocycles. The van der Waals surface area contributed by atoms with Gasteiger partial charge in [-0.1, -0.05) is 6.07 Å². The van der Waals surface area contributed by atoms with Gasteiger partial charge in [-0.2, -0.15) is 13.2 Å². The second-order valence-electron chi connectivity index (χ2n) is 3.81. The Morgan fingerprint density at radius 1 is 1.24 bits per heavy atom. The Morgan fingerprint density at radius 2 is 2.00 bits per heavy atom. The minimum Gasteiger partial charge on any atom is -0.351 e. The van der Waals surface area contributed by atoms with Crippen LogP contribution in [0, 0.1) is 0 Å². The van der Waals surface area contributed by atoms with Crippen molar-refractivity contribution in [2.24, 2.45) is 0 Å². The summed E-state index contributed by atoms with van der Waals surface area (Å²) >= 11 is 0. The molecule has 1 aromatic heterocycles. The van der Waals surface area contributed by atoms with Crippen molar-refractivity contribution in [1.82, 2.24) is 4.98 Å². The molecule has 0 aliphatic rings. The predicted octanol–water partition coefficient (Wildman–Crippen LogP) is 3.32. The molecule has 5 heteroatoms. The van der Waals surface area contributed by atoms with E-state index in [1.165, 1.54) is 0 Å². The van der Waals surface area contributed by atoms with Crippen LogP contribution in [0.3, 0.4) is 0 Å². The Morgan fingerprint density at radius 3 is 2.65 bits per heavy atom. The smallest absolute Gasteiger partial charge is 0.351 e. The summed E-state index contributed by atoms with van der Waals surface area (Å²) in [6, 6.07) is 6.08. The molecule has 2 nitrogen and oxygen atoms in total. The maximum atomic E-state index is 12.5. The van der Waals surface area contributed by atoms with Crippen LogP contribution >= 0.6 is 0 Å². The van der Waals surface area contributed by atoms with Crippen LogP contribution in [0.25, 0.3) is 10.9 Å². The summed E-state index contributed by atoms with van der Waals surface area (Å²) in [5.74, 6) is 0. The average Bonchev–Trinajstić information content (AvgIpc) is 2.68. The van der Waals surface area contributed by atoms with Gasteiger partial charge >= 0.3 is 6.18 Å². The topological polar surface area (TPSA) is 32.9 Å². The second-order valence-corrected chi connectivity index (χ2v) is 3.81. The summed E-state index contributed by atoms with van der Waals surface area (Å²) < 4.78 is 37.4. The van der Waals surface area contributed by atoms with E-state index in [2.05, 4.69) is 4.98 Å². The van der Waals surface area contributed by atoms with E-state index in [-0.39, 0.29) is 0 Å². The van der Waals surface area contributed by atoms with Crippen LogP contribution in [0.5, 0.6) is 0 Å². The molecule has 0 unspecified atom stereocenters. The fourth-order valence-corrected chi connectivity index (χ4v) is 1.72. The van der Waals surface area contributed by atoms with E-state index in [0.717, 1.165) is 17.9 Å². The SMILES string of the molecule is O=CCCc1ccc2[nH]c(C(F)(F)F)cc2c1. The number of aryl methyl sites for hydroxylation is 1. The lowest BCUT2D eigenvalue weighted by atomic mass is 10.1. The first-order valence-corrected chi connectivity index (χ1v) is 5.13. The van der Waals surface area contributed by atoms with Crippen LogP contribution in [0.2, 0.25) is 0 Å². The zero-order valence-electron chi connectivity index (χ0n) is 8.84. The molecule has 1 heterocycles. The molecule has 1 N–H and O–H groups in total. The average molecular weight is 241 g/mol. The van der Waals surface area contributed by atoms with E-state index in [1.54, 1.807) is 18.2 Å². The van der Waals surface area contributed by atoms with Crippen LogP contribution < -0.4 is 0 Å². The first kappa shape index (κ1) is 11.7. The van der Waals surface area contributed by atoms with Crippen LogP contribution in [-0.2, 0) is 17.4 Å². The third-order valence-electron chi connectivity index (χ3n) is 2.54. The molecule has 0 spiro atoms. The van der Waals surface area contributed by atoms with E-state index in [1.807, 2.05) is 0 Å². The number of hydrogen-bond acceptors (Lipinski definition) is 1. The number of halogens is 3. The number of aromatic amines is 1. The fourth-order valence-electron chi connectivity index (χ4n) is 1.72. The molecular formula is C12H10F3NO. The normalized spacial score (nSPS) is 11.9. The Kier molecular flexibility index (Phi) is 2.92. The largest absolute Gasteiger partial charge is 0.431 e. The first-order valence-electron chi connectivity index (χ1n) is 5.13. The maximum Gasteiger partial charge on any atom is 0.431 e. The van der Waals surface area contributed by atoms with E-state index in [0.29, 0.717) is 23.7 Å². The van der Waals surface area contributed by atoms with E-state index in [4.69, 9.17) is 0 Å². The molecule has 0 saturated heterocycles. The Balaban J connectivity index is 2.37. The number of carbonyl (C=O) groups is 1. The zero-order chi connectivity index (χ0) is 12.5. The molecule has 0 atom stereocenters. The first-order chi connectivity index (χ1) is 8.00. The molecule has 90 valence electrons. The van der Waals surface area contributed by atoms with Crippen molar-refractivity contribution in [1.29, 1.82) is 0 Å². The summed E-state index contributed by atoms with van der Waals surface area (Å²) in [5.41, 5.74) is 0.560. The highest BCUT2D eigenvalue weighted by Crippen LogP contribution is 2.31. The highest BCUT2D eigenvalue weighted by molar-refractivity contribution is 5.81. The van der Waals surface area contributed by atoms with Crippen LogP contribution in [0.4, 0.5) is 13.2 Å². The third kappa shape index (κ3) is 2.49. The van der Waals surface area contributed by atoms with Gasteiger partial charge in [0.05, 0.1) is 0 Å². The van der Waals surface area contributed by atoms with Gasteiger partial charge in [-0.05, 0) is 30.2 Å². The Bertz CT molecular complexity index is 542. The maximum absolute atomic E-state index is 12.5. The molecule has 0 bridgehead atoms. The van der Waals surface area contributed by atoms with Crippen molar-refractivity contribution in [2.45, 2.75) is 19.0 Å². The van der Waals surface area contributed by atoms with Crippen molar-refractivity contribution in [2.75, 3.05) is 0 Å². The molecular weight excluding hydrogens is 231 g/mol. The highest BCUT2D eigenvalue weighted by Gasteiger charge is 2.32. The lowest BCUT2D eigenvalue weighted by molar-refractivity contribution is -0.140. The van der Waals surface area contributed by atoms with Gasteiger partial charge in [-0.25, -0.2) is 0 Å². The van der Waals surface area contributed by atoms with E-state index in [9.17, 15) is 18.0 Å². The fraction of sp³-hybridized carbons (Fsp3) is 0.250. The summed E-state index contributed by atoms with van der Waals surface area (Å²) in [6.45, 7) is 0. The van der Waals surface area contributed by atoms with Crippen molar-refractivity contribution in [3.8, 4) is 0 Å². The summed E-state index contributed by atoms with van der Waals surface area (Å²) in [6.07, 6.45) is -2.64. The van der Waals surface area contributed by atoms with Crippen molar-refractivity contribution in [3.63, 3.8) is 0 Å². The molecule has 2 rings (SSSR count). The van der Waals surface area contributed by atoms with Gasteiger partial charge in [0.2, 0.25) is 0 Å². The van der Waals surface area contributed by atoms with Gasteiger partial charge in [-0.3, -0.25) is 0 Å². The monoisotopic (exact) mass is 241 g/mol. The van der Waals surface area contributed by atoms with Gasteiger partial charge in [-0.15, -0.1) is 0 Å². The molecule has 0 amide bonds. The quantitative estimate of drug-likeness (QED) is 0.821. The summed E-state index contributed by atoms with van der Waals surface area (Å²) in [5, 5.41) is 0.515. The number of H-pyrrole nitrogens is 1. The number of rotatable bonds is 3. The highest BCUT2D eigenvalue weighted by atomic mass is 19.4. The number of hydrogen-bond donors (Lipinski definition) is 1. The minimum atomic E-state index is -4.36. The molecule has 0 saturated carbocycles. The lowest BCUT2D eigenvalue weighted by Gasteiger charge is -2.00. The molecule has 0 aliphatic heterocycles. The number of nitrogens with one attached hydrogen (secondary N) is 1. The van der Waals surface area contributed by atoms with Crippen LogP contribution in [0.1, 0.15) is 17.7 Å². The Labute approximate surface area is 95.4 Å². The van der Waals surface area contributed by atoms with Gasteiger partial charge in [0.25, 0.3) is 0 Å². The molecule has 1 aromatic carbocycles. The predicted molar refractivity (Wildman–Crippen MR) is 57.7 cm³/mol. The van der Waals surface area contributed by atoms with Crippen molar-refractivity contribution in [3.05, 3.63) is 35.5 Å².